The highest BCUT2D eigenvalue weighted by molar-refractivity contribution is 6.31. The summed E-state index contributed by atoms with van der Waals surface area (Å²) in [5.41, 5.74) is 2.41. The zero-order chi connectivity index (χ0) is 22.5. The van der Waals surface area contributed by atoms with Crippen LogP contribution in [0.1, 0.15) is 74.4 Å². The molecule has 4 nitrogen and oxygen atoms in total. The molecule has 0 N–H and O–H groups in total. The van der Waals surface area contributed by atoms with E-state index in [9.17, 15) is 4.79 Å². The Bertz CT molecular complexity index is 949. The maximum Gasteiger partial charge on any atom is 0.254 e. The molecule has 5 heteroatoms. The first kappa shape index (κ1) is 23.2. The summed E-state index contributed by atoms with van der Waals surface area (Å²) in [6, 6.07) is 15.4. The molecule has 3 rings (SSSR count). The second kappa shape index (κ2) is 10.2. The van der Waals surface area contributed by atoms with Gasteiger partial charge in [-0.3, -0.25) is 4.79 Å². The lowest BCUT2D eigenvalue weighted by atomic mass is 9.83. The van der Waals surface area contributed by atoms with Gasteiger partial charge in [0.25, 0.3) is 5.91 Å². The van der Waals surface area contributed by atoms with Gasteiger partial charge in [-0.2, -0.15) is 5.26 Å². The Labute approximate surface area is 190 Å². The van der Waals surface area contributed by atoms with Crippen molar-refractivity contribution in [3.63, 3.8) is 0 Å². The number of hydrogen-bond donors (Lipinski definition) is 0. The standard InChI is InChI=1S/C26H31ClN2O2/c1-5-29(26(30)20-9-7-19(8-10-20)17(2)3)22-12-6-18(4)25(14-22)31-23-13-11-21(16-28)24(27)15-23/h7-11,13,15,17-18,22,25H,5-6,12,14H2,1-4H3. The molecule has 3 unspecified atom stereocenters. The molecule has 1 aliphatic rings. The fourth-order valence-corrected chi connectivity index (χ4v) is 4.50. The van der Waals surface area contributed by atoms with Gasteiger partial charge in [-0.15, -0.1) is 0 Å². The molecule has 0 aromatic heterocycles. The molecule has 1 aliphatic carbocycles. The summed E-state index contributed by atoms with van der Waals surface area (Å²) < 4.78 is 6.27. The Kier molecular flexibility index (Phi) is 7.62. The summed E-state index contributed by atoms with van der Waals surface area (Å²) in [5.74, 6) is 1.57. The normalized spacial score (nSPS) is 20.9. The molecule has 1 fully saturated rings. The topological polar surface area (TPSA) is 53.3 Å². The van der Waals surface area contributed by atoms with Gasteiger partial charge in [0.05, 0.1) is 10.6 Å². The number of halogens is 1. The molecule has 0 bridgehead atoms. The van der Waals surface area contributed by atoms with Crippen LogP contribution in [0.4, 0.5) is 0 Å². The lowest BCUT2D eigenvalue weighted by molar-refractivity contribution is 0.0354. The van der Waals surface area contributed by atoms with Crippen molar-refractivity contribution < 1.29 is 9.53 Å². The molecule has 0 radical (unpaired) electrons. The van der Waals surface area contributed by atoms with E-state index in [1.54, 1.807) is 18.2 Å². The highest BCUT2D eigenvalue weighted by Crippen LogP contribution is 2.33. The van der Waals surface area contributed by atoms with E-state index in [-0.39, 0.29) is 18.1 Å². The third kappa shape index (κ3) is 5.40. The quantitative estimate of drug-likeness (QED) is 0.521. The van der Waals surface area contributed by atoms with Crippen LogP contribution in [-0.4, -0.2) is 29.5 Å². The molecule has 0 heterocycles. The summed E-state index contributed by atoms with van der Waals surface area (Å²) in [6.45, 7) is 9.20. The Balaban J connectivity index is 1.73. The fourth-order valence-electron chi connectivity index (χ4n) is 4.29. The van der Waals surface area contributed by atoms with E-state index in [0.717, 1.165) is 24.8 Å². The van der Waals surface area contributed by atoms with Crippen LogP contribution in [0.25, 0.3) is 0 Å². The Hall–Kier alpha value is -2.51. The predicted octanol–water partition coefficient (Wildman–Crippen LogP) is 6.43. The smallest absolute Gasteiger partial charge is 0.254 e. The minimum Gasteiger partial charge on any atom is -0.490 e. The maximum atomic E-state index is 13.3. The number of nitriles is 1. The molecular formula is C26H31ClN2O2. The zero-order valence-electron chi connectivity index (χ0n) is 18.8. The summed E-state index contributed by atoms with van der Waals surface area (Å²) in [6.07, 6.45) is 2.74. The first-order valence-electron chi connectivity index (χ1n) is 11.1. The largest absolute Gasteiger partial charge is 0.490 e. The SMILES string of the molecule is CCN(C(=O)c1ccc(C(C)C)cc1)C1CCC(C)C(Oc2ccc(C#N)c(Cl)c2)C1. The number of hydrogen-bond acceptors (Lipinski definition) is 3. The monoisotopic (exact) mass is 438 g/mol. The van der Waals surface area contributed by atoms with Gasteiger partial charge in [0.2, 0.25) is 0 Å². The average Bonchev–Trinajstić information content (AvgIpc) is 2.76. The van der Waals surface area contributed by atoms with Crippen LogP contribution in [0.3, 0.4) is 0 Å². The van der Waals surface area contributed by atoms with Crippen LogP contribution in [0, 0.1) is 17.2 Å². The molecule has 164 valence electrons. The van der Waals surface area contributed by atoms with Crippen molar-refractivity contribution >= 4 is 17.5 Å². The maximum absolute atomic E-state index is 13.3. The molecule has 0 aliphatic heterocycles. The van der Waals surface area contributed by atoms with Gasteiger partial charge in [0.1, 0.15) is 17.9 Å². The molecular weight excluding hydrogens is 408 g/mol. The van der Waals surface area contributed by atoms with E-state index in [2.05, 4.69) is 39.0 Å². The molecule has 2 aromatic rings. The van der Waals surface area contributed by atoms with Gasteiger partial charge < -0.3 is 9.64 Å². The first-order chi connectivity index (χ1) is 14.8. The van der Waals surface area contributed by atoms with Crippen molar-refractivity contribution in [3.05, 3.63) is 64.2 Å². The number of carbonyl (C=O) groups excluding carboxylic acids is 1. The van der Waals surface area contributed by atoms with E-state index in [1.807, 2.05) is 24.0 Å². The molecule has 1 amide bonds. The van der Waals surface area contributed by atoms with Crippen molar-refractivity contribution in [1.82, 2.24) is 4.90 Å². The lowest BCUT2D eigenvalue weighted by Gasteiger charge is -2.40. The van der Waals surface area contributed by atoms with Crippen LogP contribution in [0.5, 0.6) is 5.75 Å². The number of rotatable bonds is 6. The van der Waals surface area contributed by atoms with Gasteiger partial charge in [-0.25, -0.2) is 0 Å². The second-order valence-electron chi connectivity index (χ2n) is 8.72. The highest BCUT2D eigenvalue weighted by atomic mass is 35.5. The Morgan fingerprint density at radius 1 is 1.23 bits per heavy atom. The third-order valence-corrected chi connectivity index (χ3v) is 6.62. The fraction of sp³-hybridized carbons (Fsp3) is 0.462. The Morgan fingerprint density at radius 3 is 2.52 bits per heavy atom. The molecule has 0 saturated heterocycles. The van der Waals surface area contributed by atoms with Crippen LogP contribution < -0.4 is 4.74 Å². The zero-order valence-corrected chi connectivity index (χ0v) is 19.5. The van der Waals surface area contributed by atoms with Crippen molar-refractivity contribution in [2.24, 2.45) is 5.92 Å². The number of carbonyl (C=O) groups is 1. The van der Waals surface area contributed by atoms with E-state index < -0.39 is 0 Å². The summed E-state index contributed by atoms with van der Waals surface area (Å²) in [5, 5.41) is 9.47. The van der Waals surface area contributed by atoms with Crippen LogP contribution in [-0.2, 0) is 0 Å². The van der Waals surface area contributed by atoms with E-state index >= 15 is 0 Å². The average molecular weight is 439 g/mol. The Morgan fingerprint density at radius 2 is 1.94 bits per heavy atom. The molecule has 31 heavy (non-hydrogen) atoms. The van der Waals surface area contributed by atoms with Crippen molar-refractivity contribution in [1.29, 1.82) is 5.26 Å². The van der Waals surface area contributed by atoms with Crippen LogP contribution >= 0.6 is 11.6 Å². The van der Waals surface area contributed by atoms with Gasteiger partial charge >= 0.3 is 0 Å². The summed E-state index contributed by atoms with van der Waals surface area (Å²) in [7, 11) is 0. The second-order valence-corrected chi connectivity index (χ2v) is 9.13. The van der Waals surface area contributed by atoms with Crippen molar-refractivity contribution in [2.75, 3.05) is 6.54 Å². The number of ether oxygens (including phenoxy) is 1. The predicted molar refractivity (Wildman–Crippen MR) is 125 cm³/mol. The van der Waals surface area contributed by atoms with Gasteiger partial charge in [-0.05, 0) is 61.4 Å². The van der Waals surface area contributed by atoms with Crippen LogP contribution in [0.2, 0.25) is 5.02 Å². The van der Waals surface area contributed by atoms with Gasteiger partial charge in [0.15, 0.2) is 0 Å². The lowest BCUT2D eigenvalue weighted by Crippen LogP contribution is -2.47. The highest BCUT2D eigenvalue weighted by Gasteiger charge is 2.34. The third-order valence-electron chi connectivity index (χ3n) is 6.31. The van der Waals surface area contributed by atoms with Gasteiger partial charge in [-0.1, -0.05) is 44.5 Å². The number of amides is 1. The van der Waals surface area contributed by atoms with Gasteiger partial charge in [0, 0.05) is 30.6 Å². The molecule has 0 spiro atoms. The van der Waals surface area contributed by atoms with Crippen LogP contribution in [0.15, 0.2) is 42.5 Å². The van der Waals surface area contributed by atoms with Crippen molar-refractivity contribution in [2.45, 2.75) is 65.0 Å². The van der Waals surface area contributed by atoms with E-state index in [4.69, 9.17) is 21.6 Å². The molecule has 1 saturated carbocycles. The minimum absolute atomic E-state index is 0.00656. The number of benzene rings is 2. The number of nitrogens with zero attached hydrogens (tertiary/aromatic N) is 2. The first-order valence-corrected chi connectivity index (χ1v) is 11.5. The minimum atomic E-state index is -0.00656. The molecule has 3 atom stereocenters. The summed E-state index contributed by atoms with van der Waals surface area (Å²) in [4.78, 5) is 15.2. The molecule has 2 aromatic carbocycles. The summed E-state index contributed by atoms with van der Waals surface area (Å²) >= 11 is 6.17. The van der Waals surface area contributed by atoms with E-state index in [0.29, 0.717) is 34.7 Å². The van der Waals surface area contributed by atoms with E-state index in [1.165, 1.54) is 5.56 Å². The van der Waals surface area contributed by atoms with Crippen molar-refractivity contribution in [3.8, 4) is 11.8 Å².